The Morgan fingerprint density at radius 3 is 2.56 bits per heavy atom. The van der Waals surface area contributed by atoms with Crippen molar-refractivity contribution >= 4 is 11.0 Å². The van der Waals surface area contributed by atoms with Gasteiger partial charge in [0.1, 0.15) is 23.2 Å². The fourth-order valence-electron chi connectivity index (χ4n) is 3.72. The first kappa shape index (κ1) is 17.8. The lowest BCUT2D eigenvalue weighted by Gasteiger charge is -2.29. The van der Waals surface area contributed by atoms with Gasteiger partial charge in [0.25, 0.3) is 0 Å². The fraction of sp³-hybridized carbons (Fsp3) is 0.348. The third-order valence-corrected chi connectivity index (χ3v) is 5.07. The number of rotatable bonds is 5. The molecule has 0 saturated carbocycles. The summed E-state index contributed by atoms with van der Waals surface area (Å²) < 4.78 is 12.0. The average Bonchev–Trinajstić information content (AvgIpc) is 2.69. The van der Waals surface area contributed by atoms with E-state index in [0.717, 1.165) is 17.9 Å². The first-order chi connectivity index (χ1) is 13.2. The molecule has 140 valence electrons. The normalized spacial score (nSPS) is 16.3. The van der Waals surface area contributed by atoms with Crippen LogP contribution in [0.3, 0.4) is 0 Å². The molecule has 0 bridgehead atoms. The largest absolute Gasteiger partial charge is 0.489 e. The van der Waals surface area contributed by atoms with Crippen molar-refractivity contribution in [3.05, 3.63) is 64.8 Å². The van der Waals surface area contributed by atoms with Gasteiger partial charge in [-0.15, -0.1) is 0 Å². The Bertz CT molecular complexity index is 955. The minimum absolute atomic E-state index is 0.0256. The zero-order valence-corrected chi connectivity index (χ0v) is 15.7. The van der Waals surface area contributed by atoms with Crippen molar-refractivity contribution in [1.82, 2.24) is 4.90 Å². The number of hydrogen-bond donors (Lipinski definition) is 0. The van der Waals surface area contributed by atoms with Crippen molar-refractivity contribution in [3.8, 4) is 17.1 Å². The molecule has 1 aliphatic heterocycles. The summed E-state index contributed by atoms with van der Waals surface area (Å²) in [6, 6.07) is 16.6. The number of ether oxygens (including phenoxy) is 1. The summed E-state index contributed by atoms with van der Waals surface area (Å²) in [7, 11) is 0. The topological polar surface area (TPSA) is 42.7 Å². The van der Waals surface area contributed by atoms with Gasteiger partial charge in [0, 0.05) is 18.2 Å². The number of piperidine rings is 1. The molecular formula is C23H25NO3. The summed E-state index contributed by atoms with van der Waals surface area (Å²) in [6.07, 6.45) is 4.07. The SMILES string of the molecule is CC(CN1CCCCC1)Oc1ccc(-c2cc(=O)c3ccccc3o2)cc1. The molecule has 1 fully saturated rings. The highest BCUT2D eigenvalue weighted by Gasteiger charge is 2.14. The molecule has 2 heterocycles. The maximum atomic E-state index is 12.3. The van der Waals surface area contributed by atoms with Gasteiger partial charge in [-0.3, -0.25) is 9.69 Å². The van der Waals surface area contributed by atoms with E-state index in [0.29, 0.717) is 16.7 Å². The van der Waals surface area contributed by atoms with Crippen LogP contribution < -0.4 is 10.2 Å². The molecule has 4 rings (SSSR count). The Labute approximate surface area is 159 Å². The zero-order chi connectivity index (χ0) is 18.6. The van der Waals surface area contributed by atoms with Crippen molar-refractivity contribution in [2.75, 3.05) is 19.6 Å². The molecule has 1 atom stereocenters. The monoisotopic (exact) mass is 363 g/mol. The number of para-hydroxylation sites is 1. The van der Waals surface area contributed by atoms with Crippen LogP contribution in [-0.4, -0.2) is 30.6 Å². The minimum atomic E-state index is -0.0256. The summed E-state index contributed by atoms with van der Waals surface area (Å²) in [5, 5.41) is 0.604. The molecule has 4 heteroatoms. The first-order valence-electron chi connectivity index (χ1n) is 9.71. The lowest BCUT2D eigenvalue weighted by atomic mass is 10.1. The van der Waals surface area contributed by atoms with Crippen molar-refractivity contribution < 1.29 is 9.15 Å². The van der Waals surface area contributed by atoms with Crippen LogP contribution >= 0.6 is 0 Å². The second-order valence-electron chi connectivity index (χ2n) is 7.29. The van der Waals surface area contributed by atoms with Gasteiger partial charge >= 0.3 is 0 Å². The summed E-state index contributed by atoms with van der Waals surface area (Å²) in [4.78, 5) is 14.8. The molecule has 1 saturated heterocycles. The Morgan fingerprint density at radius 2 is 1.78 bits per heavy atom. The highest BCUT2D eigenvalue weighted by molar-refractivity contribution is 5.78. The highest BCUT2D eigenvalue weighted by atomic mass is 16.5. The quantitative estimate of drug-likeness (QED) is 0.658. The van der Waals surface area contributed by atoms with Gasteiger partial charge in [0.05, 0.1) is 5.39 Å². The molecule has 0 N–H and O–H groups in total. The highest BCUT2D eigenvalue weighted by Crippen LogP contribution is 2.25. The number of hydrogen-bond acceptors (Lipinski definition) is 4. The van der Waals surface area contributed by atoms with Crippen LogP contribution in [0.5, 0.6) is 5.75 Å². The predicted molar refractivity (Wildman–Crippen MR) is 108 cm³/mol. The van der Waals surface area contributed by atoms with E-state index in [1.54, 1.807) is 12.1 Å². The second-order valence-corrected chi connectivity index (χ2v) is 7.29. The van der Waals surface area contributed by atoms with E-state index >= 15 is 0 Å². The summed E-state index contributed by atoms with van der Waals surface area (Å²) in [5.74, 6) is 1.41. The molecule has 0 amide bonds. The van der Waals surface area contributed by atoms with Crippen LogP contribution in [0.1, 0.15) is 26.2 Å². The lowest BCUT2D eigenvalue weighted by molar-refractivity contribution is 0.130. The third kappa shape index (κ3) is 4.22. The number of likely N-dealkylation sites (tertiary alicyclic amines) is 1. The zero-order valence-electron chi connectivity index (χ0n) is 15.7. The van der Waals surface area contributed by atoms with E-state index in [1.165, 1.54) is 32.4 Å². The van der Waals surface area contributed by atoms with Crippen LogP contribution in [0.4, 0.5) is 0 Å². The van der Waals surface area contributed by atoms with Gasteiger partial charge in [-0.2, -0.15) is 0 Å². The summed E-state index contributed by atoms with van der Waals surface area (Å²) >= 11 is 0. The predicted octanol–water partition coefficient (Wildman–Crippen LogP) is 4.71. The number of fused-ring (bicyclic) bond motifs is 1. The van der Waals surface area contributed by atoms with E-state index in [2.05, 4.69) is 11.8 Å². The van der Waals surface area contributed by atoms with Gasteiger partial charge in [-0.25, -0.2) is 0 Å². The van der Waals surface area contributed by atoms with E-state index in [9.17, 15) is 4.79 Å². The Morgan fingerprint density at radius 1 is 1.04 bits per heavy atom. The number of benzene rings is 2. The van der Waals surface area contributed by atoms with Crippen LogP contribution in [0.25, 0.3) is 22.3 Å². The van der Waals surface area contributed by atoms with Crippen LogP contribution in [0, 0.1) is 0 Å². The fourth-order valence-corrected chi connectivity index (χ4v) is 3.72. The second kappa shape index (κ2) is 7.97. The molecule has 2 aromatic carbocycles. The summed E-state index contributed by atoms with van der Waals surface area (Å²) in [6.45, 7) is 5.42. The molecular weight excluding hydrogens is 338 g/mol. The van der Waals surface area contributed by atoms with Crippen LogP contribution in [-0.2, 0) is 0 Å². The van der Waals surface area contributed by atoms with Crippen molar-refractivity contribution in [2.45, 2.75) is 32.3 Å². The van der Waals surface area contributed by atoms with Gasteiger partial charge in [0.2, 0.25) is 0 Å². The molecule has 0 radical (unpaired) electrons. The molecule has 3 aromatic rings. The first-order valence-corrected chi connectivity index (χ1v) is 9.71. The van der Waals surface area contributed by atoms with E-state index in [1.807, 2.05) is 42.5 Å². The minimum Gasteiger partial charge on any atom is -0.489 e. The van der Waals surface area contributed by atoms with Gasteiger partial charge in [0.15, 0.2) is 5.43 Å². The van der Waals surface area contributed by atoms with Crippen molar-refractivity contribution in [2.24, 2.45) is 0 Å². The molecule has 0 aliphatic carbocycles. The molecule has 27 heavy (non-hydrogen) atoms. The van der Waals surface area contributed by atoms with E-state index in [4.69, 9.17) is 9.15 Å². The summed E-state index contributed by atoms with van der Waals surface area (Å²) in [5.41, 5.74) is 1.45. The maximum Gasteiger partial charge on any atom is 0.193 e. The van der Waals surface area contributed by atoms with E-state index in [-0.39, 0.29) is 11.5 Å². The van der Waals surface area contributed by atoms with Crippen molar-refractivity contribution in [1.29, 1.82) is 0 Å². The molecule has 1 aliphatic rings. The van der Waals surface area contributed by atoms with Gasteiger partial charge in [-0.05, 0) is 69.3 Å². The molecule has 1 aromatic heterocycles. The molecule has 4 nitrogen and oxygen atoms in total. The average molecular weight is 363 g/mol. The Kier molecular flexibility index (Phi) is 5.26. The third-order valence-electron chi connectivity index (χ3n) is 5.07. The van der Waals surface area contributed by atoms with Crippen LogP contribution in [0.15, 0.2) is 63.8 Å². The van der Waals surface area contributed by atoms with Gasteiger partial charge < -0.3 is 9.15 Å². The van der Waals surface area contributed by atoms with Gasteiger partial charge in [-0.1, -0.05) is 18.6 Å². The van der Waals surface area contributed by atoms with Crippen molar-refractivity contribution in [3.63, 3.8) is 0 Å². The Hall–Kier alpha value is -2.59. The van der Waals surface area contributed by atoms with E-state index < -0.39 is 0 Å². The van der Waals surface area contributed by atoms with Crippen LogP contribution in [0.2, 0.25) is 0 Å². The Balaban J connectivity index is 1.46. The molecule has 1 unspecified atom stereocenters. The lowest BCUT2D eigenvalue weighted by Crippen LogP contribution is -2.37. The number of nitrogens with zero attached hydrogens (tertiary/aromatic N) is 1. The standard InChI is InChI=1S/C23H25NO3/c1-17(16-24-13-5-2-6-14-24)26-19-11-9-18(10-12-19)23-15-21(25)20-7-3-4-8-22(20)27-23/h3-4,7-12,15,17H,2,5-6,13-14,16H2,1H3. The molecule has 0 spiro atoms. The maximum absolute atomic E-state index is 12.3. The smallest absolute Gasteiger partial charge is 0.193 e.